The molecule has 6 rings (SSSR count). The molecule has 0 N–H and O–H groups in total. The van der Waals surface area contributed by atoms with Gasteiger partial charge in [0.1, 0.15) is 12.2 Å². The second kappa shape index (κ2) is 7.89. The minimum absolute atomic E-state index is 0.00385. The van der Waals surface area contributed by atoms with E-state index in [1.54, 1.807) is 24.3 Å². The van der Waals surface area contributed by atoms with E-state index < -0.39 is 24.1 Å². The highest BCUT2D eigenvalue weighted by Gasteiger charge is 2.55. The second-order valence-corrected chi connectivity index (χ2v) is 8.75. The van der Waals surface area contributed by atoms with Crippen molar-refractivity contribution in [2.75, 3.05) is 0 Å². The van der Waals surface area contributed by atoms with Gasteiger partial charge in [-0.25, -0.2) is 9.59 Å². The number of carbonyl (C=O) groups excluding carboxylic acids is 2. The summed E-state index contributed by atoms with van der Waals surface area (Å²) in [4.78, 5) is 25.9. The predicted molar refractivity (Wildman–Crippen MR) is 125 cm³/mol. The minimum atomic E-state index is -0.524. The molecule has 1 saturated carbocycles. The van der Waals surface area contributed by atoms with E-state index in [0.29, 0.717) is 11.1 Å². The van der Waals surface area contributed by atoms with Crippen LogP contribution in [0.5, 0.6) is 0 Å². The molecule has 0 amide bonds. The normalized spacial score (nSPS) is 22.7. The molecule has 4 heteroatoms. The first-order valence-electron chi connectivity index (χ1n) is 11.2. The van der Waals surface area contributed by atoms with E-state index in [4.69, 9.17) is 9.47 Å². The van der Waals surface area contributed by atoms with E-state index >= 15 is 0 Å². The highest BCUT2D eigenvalue weighted by atomic mass is 16.6. The molecule has 2 aliphatic carbocycles. The van der Waals surface area contributed by atoms with Gasteiger partial charge < -0.3 is 9.47 Å². The molecule has 0 spiro atoms. The molecule has 1 fully saturated rings. The number of ether oxygens (including phenoxy) is 2. The third-order valence-corrected chi connectivity index (χ3v) is 6.88. The van der Waals surface area contributed by atoms with Gasteiger partial charge in [0.25, 0.3) is 0 Å². The van der Waals surface area contributed by atoms with Crippen LogP contribution in [0.4, 0.5) is 0 Å². The van der Waals surface area contributed by atoms with Crippen molar-refractivity contribution in [2.45, 2.75) is 30.5 Å². The van der Waals surface area contributed by atoms with Gasteiger partial charge in [0.2, 0.25) is 0 Å². The van der Waals surface area contributed by atoms with Crippen LogP contribution in [-0.4, -0.2) is 24.1 Å². The van der Waals surface area contributed by atoms with E-state index in [9.17, 15) is 9.59 Å². The summed E-state index contributed by atoms with van der Waals surface area (Å²) in [5, 5.41) is 2.32. The molecule has 4 atom stereocenters. The average molecular weight is 434 g/mol. The number of benzene rings is 4. The Balaban J connectivity index is 1.37. The lowest BCUT2D eigenvalue weighted by molar-refractivity contribution is -0.0348. The fourth-order valence-corrected chi connectivity index (χ4v) is 5.36. The molecule has 4 aromatic rings. The quantitative estimate of drug-likeness (QED) is 0.377. The SMILES string of the molecule is O=C(O[C@@H]1C2CC(c3cc4ccccc4cc32)[C@@H]1OC(=O)c1ccccc1)c1ccccc1. The van der Waals surface area contributed by atoms with Crippen molar-refractivity contribution in [3.63, 3.8) is 0 Å². The zero-order chi connectivity index (χ0) is 22.4. The topological polar surface area (TPSA) is 52.6 Å². The summed E-state index contributed by atoms with van der Waals surface area (Å²) in [5.74, 6) is -0.792. The third kappa shape index (κ3) is 3.39. The van der Waals surface area contributed by atoms with Gasteiger partial charge in [-0.15, -0.1) is 0 Å². The number of hydrogen-bond donors (Lipinski definition) is 0. The van der Waals surface area contributed by atoms with E-state index in [1.807, 2.05) is 48.5 Å². The summed E-state index contributed by atoms with van der Waals surface area (Å²) in [6.07, 6.45) is -0.251. The van der Waals surface area contributed by atoms with Crippen molar-refractivity contribution in [1.82, 2.24) is 0 Å². The van der Waals surface area contributed by atoms with Gasteiger partial charge in [0, 0.05) is 11.8 Å². The molecule has 2 aliphatic rings. The Kier molecular flexibility index (Phi) is 4.72. The molecule has 2 unspecified atom stereocenters. The van der Waals surface area contributed by atoms with Gasteiger partial charge in [0.05, 0.1) is 11.1 Å². The molecule has 4 aromatic carbocycles. The lowest BCUT2D eigenvalue weighted by atomic mass is 9.85. The highest BCUT2D eigenvalue weighted by molar-refractivity contribution is 5.91. The minimum Gasteiger partial charge on any atom is -0.454 e. The summed E-state index contributed by atoms with van der Waals surface area (Å²) in [6, 6.07) is 30.6. The third-order valence-electron chi connectivity index (χ3n) is 6.88. The molecule has 0 aliphatic heterocycles. The molecule has 4 nitrogen and oxygen atoms in total. The first-order chi connectivity index (χ1) is 16.2. The van der Waals surface area contributed by atoms with Crippen molar-refractivity contribution >= 4 is 22.7 Å². The molecular formula is C29H22O4. The highest BCUT2D eigenvalue weighted by Crippen LogP contribution is 2.56. The zero-order valence-corrected chi connectivity index (χ0v) is 17.9. The first-order valence-corrected chi connectivity index (χ1v) is 11.2. The molecule has 162 valence electrons. The Hall–Kier alpha value is -3.92. The van der Waals surface area contributed by atoms with Crippen LogP contribution in [0.25, 0.3) is 10.8 Å². The van der Waals surface area contributed by atoms with E-state index in [-0.39, 0.29) is 11.8 Å². The molecule has 0 heterocycles. The van der Waals surface area contributed by atoms with Crippen LogP contribution in [-0.2, 0) is 9.47 Å². The van der Waals surface area contributed by atoms with Crippen LogP contribution in [0.1, 0.15) is 50.1 Å². The molecule has 2 bridgehead atoms. The van der Waals surface area contributed by atoms with Crippen LogP contribution in [0.15, 0.2) is 97.1 Å². The lowest BCUT2D eigenvalue weighted by Gasteiger charge is -2.32. The maximum Gasteiger partial charge on any atom is 0.338 e. The van der Waals surface area contributed by atoms with Crippen molar-refractivity contribution in [2.24, 2.45) is 0 Å². The fraction of sp³-hybridized carbons (Fsp3) is 0.172. The number of rotatable bonds is 4. The van der Waals surface area contributed by atoms with Crippen molar-refractivity contribution < 1.29 is 19.1 Å². The summed E-state index contributed by atoms with van der Waals surface area (Å²) in [7, 11) is 0. The smallest absolute Gasteiger partial charge is 0.338 e. The predicted octanol–water partition coefficient (Wildman–Crippen LogP) is 5.88. The van der Waals surface area contributed by atoms with Gasteiger partial charge in [-0.2, -0.15) is 0 Å². The van der Waals surface area contributed by atoms with Gasteiger partial charge in [-0.1, -0.05) is 72.8 Å². The molecule has 0 saturated heterocycles. The van der Waals surface area contributed by atoms with E-state index in [2.05, 4.69) is 24.3 Å². The van der Waals surface area contributed by atoms with Crippen molar-refractivity contribution in [3.05, 3.63) is 119 Å². The zero-order valence-electron chi connectivity index (χ0n) is 17.9. The Morgan fingerprint density at radius 1 is 0.576 bits per heavy atom. The number of hydrogen-bond acceptors (Lipinski definition) is 4. The van der Waals surface area contributed by atoms with Gasteiger partial charge in [0.15, 0.2) is 0 Å². The summed E-state index contributed by atoms with van der Waals surface area (Å²) < 4.78 is 12.1. The number of carbonyl (C=O) groups is 2. The van der Waals surface area contributed by atoms with Gasteiger partial charge in [-0.3, -0.25) is 0 Å². The Bertz CT molecular complexity index is 1240. The number of esters is 2. The van der Waals surface area contributed by atoms with Crippen LogP contribution in [0.3, 0.4) is 0 Å². The van der Waals surface area contributed by atoms with Crippen LogP contribution >= 0.6 is 0 Å². The van der Waals surface area contributed by atoms with E-state index in [0.717, 1.165) is 17.2 Å². The Morgan fingerprint density at radius 3 is 1.39 bits per heavy atom. The standard InChI is InChI=1S/C29H22O4/c30-28(18-9-3-1-4-10-18)32-26-24-17-25(27(26)33-29(31)19-11-5-2-6-12-19)23-16-21-14-8-7-13-20(21)15-22(23)24/h1-16,24-27H,17H2/t24?,25?,26-,27+. The Morgan fingerprint density at radius 2 is 0.970 bits per heavy atom. The maximum absolute atomic E-state index is 12.9. The van der Waals surface area contributed by atoms with Crippen molar-refractivity contribution in [3.8, 4) is 0 Å². The van der Waals surface area contributed by atoms with Gasteiger partial charge >= 0.3 is 11.9 Å². The van der Waals surface area contributed by atoms with Gasteiger partial charge in [-0.05, 0) is 52.6 Å². The molecule has 33 heavy (non-hydrogen) atoms. The van der Waals surface area contributed by atoms with Crippen LogP contribution in [0.2, 0.25) is 0 Å². The summed E-state index contributed by atoms with van der Waals surface area (Å²) in [5.41, 5.74) is 3.37. The monoisotopic (exact) mass is 434 g/mol. The van der Waals surface area contributed by atoms with Crippen molar-refractivity contribution in [1.29, 1.82) is 0 Å². The van der Waals surface area contributed by atoms with E-state index in [1.165, 1.54) is 11.1 Å². The summed E-state index contributed by atoms with van der Waals surface area (Å²) in [6.45, 7) is 0. The van der Waals surface area contributed by atoms with Crippen LogP contribution < -0.4 is 0 Å². The first kappa shape index (κ1) is 19.7. The average Bonchev–Trinajstić information content (AvgIpc) is 3.40. The summed E-state index contributed by atoms with van der Waals surface area (Å²) >= 11 is 0. The molecule has 0 aromatic heterocycles. The largest absolute Gasteiger partial charge is 0.454 e. The molecule has 0 radical (unpaired) electrons. The maximum atomic E-state index is 12.9. The lowest BCUT2D eigenvalue weighted by Crippen LogP contribution is -2.39. The fourth-order valence-electron chi connectivity index (χ4n) is 5.36. The number of fused-ring (bicyclic) bond motifs is 6. The second-order valence-electron chi connectivity index (χ2n) is 8.75. The Labute approximate surface area is 191 Å². The van der Waals surface area contributed by atoms with Crippen LogP contribution in [0, 0.1) is 0 Å². The molecular weight excluding hydrogens is 412 g/mol.